The molecule has 1 aromatic rings. The number of hydrogen-bond acceptors (Lipinski definition) is 3. The molecular formula is C7H12N3O2+. The summed E-state index contributed by atoms with van der Waals surface area (Å²) in [5, 5.41) is 0. The molecule has 0 saturated carbocycles. The second kappa shape index (κ2) is 3.87. The summed E-state index contributed by atoms with van der Waals surface area (Å²) in [6.45, 7) is 0. The molecule has 4 N–H and O–H groups in total. The molecule has 1 heterocycles. The van der Waals surface area contributed by atoms with Crippen molar-refractivity contribution in [3.63, 3.8) is 0 Å². The van der Waals surface area contributed by atoms with Gasteiger partial charge in [-0.15, -0.1) is 0 Å². The lowest BCUT2D eigenvalue weighted by Crippen LogP contribution is -2.33. The lowest BCUT2D eigenvalue weighted by atomic mass is 10.2. The van der Waals surface area contributed by atoms with Crippen LogP contribution in [0.2, 0.25) is 0 Å². The monoisotopic (exact) mass is 170 g/mol. The van der Waals surface area contributed by atoms with Crippen LogP contribution in [0.25, 0.3) is 0 Å². The number of H-pyrrole nitrogens is 2. The highest BCUT2D eigenvalue weighted by atomic mass is 16.5. The summed E-state index contributed by atoms with van der Waals surface area (Å²) >= 11 is 0. The van der Waals surface area contributed by atoms with Crippen LogP contribution in [0, 0.1) is 0 Å². The predicted molar refractivity (Wildman–Crippen MR) is 41.0 cm³/mol. The molecule has 0 aliphatic heterocycles. The van der Waals surface area contributed by atoms with Crippen molar-refractivity contribution in [3.8, 4) is 0 Å². The van der Waals surface area contributed by atoms with Gasteiger partial charge >= 0.3 is 5.97 Å². The number of carbonyl (C=O) groups excluding carboxylic acids is 1. The molecule has 0 spiro atoms. The van der Waals surface area contributed by atoms with Gasteiger partial charge in [-0.1, -0.05) is 0 Å². The third-order valence-corrected chi connectivity index (χ3v) is 1.54. The second-order valence-corrected chi connectivity index (χ2v) is 2.46. The van der Waals surface area contributed by atoms with Crippen molar-refractivity contribution in [2.24, 2.45) is 5.73 Å². The van der Waals surface area contributed by atoms with Crippen molar-refractivity contribution < 1.29 is 14.5 Å². The molecule has 0 unspecified atom stereocenters. The van der Waals surface area contributed by atoms with Gasteiger partial charge in [0.15, 0.2) is 0 Å². The molecule has 1 aromatic heterocycles. The quantitative estimate of drug-likeness (QED) is 0.563. The summed E-state index contributed by atoms with van der Waals surface area (Å²) in [6, 6.07) is -0.595. The Morgan fingerprint density at radius 3 is 3.17 bits per heavy atom. The molecule has 66 valence electrons. The highest BCUT2D eigenvalue weighted by Crippen LogP contribution is 1.95. The number of nitrogens with two attached hydrogens (primary N) is 1. The Morgan fingerprint density at radius 1 is 1.92 bits per heavy atom. The molecule has 0 saturated heterocycles. The number of aromatic amines is 2. The molecule has 1 atom stereocenters. The van der Waals surface area contributed by atoms with Crippen LogP contribution in [0.5, 0.6) is 0 Å². The van der Waals surface area contributed by atoms with Gasteiger partial charge in [-0.2, -0.15) is 0 Å². The molecule has 0 bridgehead atoms. The number of rotatable bonds is 3. The Balaban J connectivity index is 2.47. The van der Waals surface area contributed by atoms with E-state index in [1.165, 1.54) is 7.11 Å². The predicted octanol–water partition coefficient (Wildman–Crippen LogP) is -1.13. The van der Waals surface area contributed by atoms with Gasteiger partial charge in [0.1, 0.15) is 17.9 Å². The Labute approximate surface area is 69.9 Å². The average molecular weight is 170 g/mol. The number of aromatic nitrogens is 2. The van der Waals surface area contributed by atoms with E-state index in [1.807, 2.05) is 0 Å². The Bertz CT molecular complexity index is 245. The number of ether oxygens (including phenoxy) is 1. The fourth-order valence-electron chi connectivity index (χ4n) is 0.908. The zero-order chi connectivity index (χ0) is 8.97. The molecule has 0 fully saturated rings. The van der Waals surface area contributed by atoms with Crippen molar-refractivity contribution in [2.75, 3.05) is 7.11 Å². The maximum Gasteiger partial charge on any atom is 0.323 e. The Morgan fingerprint density at radius 2 is 2.67 bits per heavy atom. The summed E-state index contributed by atoms with van der Waals surface area (Å²) in [5.41, 5.74) is 6.39. The minimum absolute atomic E-state index is 0.399. The molecular weight excluding hydrogens is 158 g/mol. The van der Waals surface area contributed by atoms with Crippen LogP contribution in [0.3, 0.4) is 0 Å². The minimum Gasteiger partial charge on any atom is -0.468 e. The summed E-state index contributed by atoms with van der Waals surface area (Å²) in [6.07, 6.45) is 3.87. The van der Waals surface area contributed by atoms with E-state index in [0.29, 0.717) is 6.42 Å². The molecule has 0 amide bonds. The number of hydrogen-bond donors (Lipinski definition) is 2. The van der Waals surface area contributed by atoms with E-state index < -0.39 is 12.0 Å². The van der Waals surface area contributed by atoms with Gasteiger partial charge < -0.3 is 10.5 Å². The molecule has 5 nitrogen and oxygen atoms in total. The van der Waals surface area contributed by atoms with E-state index in [0.717, 1.165) is 5.69 Å². The van der Waals surface area contributed by atoms with E-state index >= 15 is 0 Å². The maximum atomic E-state index is 10.9. The van der Waals surface area contributed by atoms with Gasteiger partial charge in [0.25, 0.3) is 0 Å². The van der Waals surface area contributed by atoms with Crippen LogP contribution < -0.4 is 10.7 Å². The van der Waals surface area contributed by atoms with Gasteiger partial charge in [0.05, 0.1) is 7.11 Å². The van der Waals surface area contributed by atoms with E-state index in [4.69, 9.17) is 5.73 Å². The molecule has 1 rings (SSSR count). The zero-order valence-corrected chi connectivity index (χ0v) is 6.83. The van der Waals surface area contributed by atoms with Gasteiger partial charge in [-0.25, -0.2) is 4.98 Å². The first-order chi connectivity index (χ1) is 5.74. The first kappa shape index (κ1) is 8.73. The maximum absolute atomic E-state index is 10.9. The normalized spacial score (nSPS) is 12.5. The van der Waals surface area contributed by atoms with Crippen LogP contribution in [-0.4, -0.2) is 24.1 Å². The first-order valence-electron chi connectivity index (χ1n) is 3.61. The lowest BCUT2D eigenvalue weighted by molar-refractivity contribution is -0.376. The molecule has 5 heteroatoms. The van der Waals surface area contributed by atoms with Gasteiger partial charge in [0, 0.05) is 6.42 Å². The summed E-state index contributed by atoms with van der Waals surface area (Å²) in [5.74, 6) is -0.399. The minimum atomic E-state index is -0.595. The SMILES string of the molecule is COC(=O)[C@@H](N)Cc1c[nH+]c[nH]1. The fourth-order valence-corrected chi connectivity index (χ4v) is 0.908. The molecule has 12 heavy (non-hydrogen) atoms. The van der Waals surface area contributed by atoms with E-state index in [1.54, 1.807) is 12.5 Å². The number of imidazole rings is 1. The number of carbonyl (C=O) groups is 1. The standard InChI is InChI=1S/C7H11N3O2/c1-12-7(11)6(8)2-5-3-9-4-10-5/h3-4,6H,2,8H2,1H3,(H,9,10)/p+1/t6-/m0/s1. The van der Waals surface area contributed by atoms with Crippen LogP contribution in [0.1, 0.15) is 5.69 Å². The smallest absolute Gasteiger partial charge is 0.323 e. The Kier molecular flexibility index (Phi) is 2.82. The van der Waals surface area contributed by atoms with Gasteiger partial charge in [0.2, 0.25) is 6.33 Å². The number of nitrogens with one attached hydrogen (secondary N) is 2. The second-order valence-electron chi connectivity index (χ2n) is 2.46. The van der Waals surface area contributed by atoms with Crippen LogP contribution >= 0.6 is 0 Å². The van der Waals surface area contributed by atoms with E-state index in [2.05, 4.69) is 14.7 Å². The fraction of sp³-hybridized carbons (Fsp3) is 0.429. The third-order valence-electron chi connectivity index (χ3n) is 1.54. The topological polar surface area (TPSA) is 82.2 Å². The number of esters is 1. The lowest BCUT2D eigenvalue weighted by Gasteiger charge is -2.04. The molecule has 0 radical (unpaired) electrons. The zero-order valence-electron chi connectivity index (χ0n) is 6.83. The third kappa shape index (κ3) is 2.06. The first-order valence-corrected chi connectivity index (χ1v) is 3.61. The van der Waals surface area contributed by atoms with E-state index in [-0.39, 0.29) is 0 Å². The highest BCUT2D eigenvalue weighted by Gasteiger charge is 2.16. The molecule has 0 aliphatic rings. The van der Waals surface area contributed by atoms with E-state index in [9.17, 15) is 4.79 Å². The number of methoxy groups -OCH3 is 1. The largest absolute Gasteiger partial charge is 0.468 e. The van der Waals surface area contributed by atoms with Crippen molar-refractivity contribution in [1.82, 2.24) is 4.98 Å². The Hall–Kier alpha value is -1.36. The van der Waals surface area contributed by atoms with Crippen molar-refractivity contribution >= 4 is 5.97 Å². The summed E-state index contributed by atoms with van der Waals surface area (Å²) < 4.78 is 4.47. The van der Waals surface area contributed by atoms with Crippen LogP contribution in [-0.2, 0) is 16.0 Å². The highest BCUT2D eigenvalue weighted by molar-refractivity contribution is 5.75. The molecule has 0 aliphatic carbocycles. The van der Waals surface area contributed by atoms with Gasteiger partial charge in [-0.05, 0) is 0 Å². The summed E-state index contributed by atoms with van der Waals surface area (Å²) in [4.78, 5) is 16.6. The van der Waals surface area contributed by atoms with Gasteiger partial charge in [-0.3, -0.25) is 9.78 Å². The van der Waals surface area contributed by atoms with Crippen LogP contribution in [0.15, 0.2) is 12.5 Å². The average Bonchev–Trinajstić information content (AvgIpc) is 2.55. The van der Waals surface area contributed by atoms with Crippen LogP contribution in [0.4, 0.5) is 0 Å². The van der Waals surface area contributed by atoms with Crippen molar-refractivity contribution in [1.29, 1.82) is 0 Å². The van der Waals surface area contributed by atoms with Crippen molar-refractivity contribution in [3.05, 3.63) is 18.2 Å². The van der Waals surface area contributed by atoms with Crippen molar-refractivity contribution in [2.45, 2.75) is 12.5 Å². The summed E-state index contributed by atoms with van der Waals surface area (Å²) in [7, 11) is 1.32. The molecule has 0 aromatic carbocycles.